The Kier molecular flexibility index (Phi) is 8.05. The highest BCUT2D eigenvalue weighted by atomic mass is 16.2. The maximum absolute atomic E-state index is 12.8. The van der Waals surface area contributed by atoms with Crippen LogP contribution in [0.5, 0.6) is 0 Å². The molecule has 4 heteroatoms. The van der Waals surface area contributed by atoms with Crippen LogP contribution < -0.4 is 0 Å². The number of nitrogens with zero attached hydrogens (tertiary/aromatic N) is 2. The van der Waals surface area contributed by atoms with Crippen LogP contribution in [0.1, 0.15) is 59.5 Å². The number of carbonyl (C=O) groups is 2. The van der Waals surface area contributed by atoms with E-state index in [2.05, 4.69) is 19.1 Å². The summed E-state index contributed by atoms with van der Waals surface area (Å²) in [5.74, 6) is 0.192. The van der Waals surface area contributed by atoms with Crippen molar-refractivity contribution in [3.63, 3.8) is 0 Å². The lowest BCUT2D eigenvalue weighted by Gasteiger charge is -2.28. The van der Waals surface area contributed by atoms with Crippen LogP contribution in [0, 0.1) is 5.41 Å². The average molecular weight is 443 g/mol. The van der Waals surface area contributed by atoms with E-state index in [4.69, 9.17) is 0 Å². The molecule has 4 rings (SSSR count). The molecule has 2 aliphatic heterocycles. The molecule has 1 unspecified atom stereocenters. The Morgan fingerprint density at radius 2 is 1.36 bits per heavy atom. The van der Waals surface area contributed by atoms with Gasteiger partial charge in [-0.15, -0.1) is 0 Å². The predicted octanol–water partition coefficient (Wildman–Crippen LogP) is 6.02. The first kappa shape index (κ1) is 24.2. The number of hydrogen-bond acceptors (Lipinski definition) is 2. The summed E-state index contributed by atoms with van der Waals surface area (Å²) < 4.78 is 0. The van der Waals surface area contributed by atoms with Crippen molar-refractivity contribution in [2.45, 2.75) is 40.8 Å². The average Bonchev–Trinajstić information content (AvgIpc) is 3.31. The molecule has 2 aromatic rings. The molecule has 33 heavy (non-hydrogen) atoms. The highest BCUT2D eigenvalue weighted by Crippen LogP contribution is 2.29. The lowest BCUT2D eigenvalue weighted by atomic mass is 9.88. The summed E-state index contributed by atoms with van der Waals surface area (Å²) in [4.78, 5) is 29.0. The quantitative estimate of drug-likeness (QED) is 0.389. The zero-order valence-electron chi connectivity index (χ0n) is 20.1. The maximum atomic E-state index is 12.8. The van der Waals surface area contributed by atoms with Crippen LogP contribution >= 0.6 is 0 Å². The highest BCUT2D eigenvalue weighted by Gasteiger charge is 2.31. The van der Waals surface area contributed by atoms with Gasteiger partial charge >= 0.3 is 0 Å². The van der Waals surface area contributed by atoms with E-state index in [-0.39, 0.29) is 17.2 Å². The van der Waals surface area contributed by atoms with Crippen LogP contribution in [0.2, 0.25) is 0 Å². The summed E-state index contributed by atoms with van der Waals surface area (Å²) in [5.41, 5.74) is 3.54. The van der Waals surface area contributed by atoms with Gasteiger partial charge in [-0.2, -0.15) is 0 Å². The van der Waals surface area contributed by atoms with Crippen LogP contribution in [0.25, 0.3) is 0 Å². The Balaban J connectivity index is 0.00000149. The number of amides is 2. The van der Waals surface area contributed by atoms with Gasteiger partial charge in [-0.1, -0.05) is 93.6 Å². The van der Waals surface area contributed by atoms with Crippen molar-refractivity contribution in [1.29, 1.82) is 0 Å². The van der Waals surface area contributed by atoms with E-state index in [0.717, 1.165) is 22.3 Å². The van der Waals surface area contributed by atoms with Gasteiger partial charge in [-0.25, -0.2) is 0 Å². The van der Waals surface area contributed by atoms with Crippen molar-refractivity contribution in [1.82, 2.24) is 9.80 Å². The topological polar surface area (TPSA) is 40.6 Å². The number of rotatable bonds is 7. The molecule has 0 radical (unpaired) electrons. The lowest BCUT2D eigenvalue weighted by Crippen LogP contribution is -2.34. The number of hydrogen-bond donors (Lipinski definition) is 0. The van der Waals surface area contributed by atoms with Gasteiger partial charge in [0.25, 0.3) is 11.8 Å². The number of carbonyl (C=O) groups excluding carboxylic acids is 2. The van der Waals surface area contributed by atoms with Gasteiger partial charge < -0.3 is 9.80 Å². The first-order valence-electron chi connectivity index (χ1n) is 11.7. The van der Waals surface area contributed by atoms with Crippen molar-refractivity contribution in [3.8, 4) is 0 Å². The van der Waals surface area contributed by atoms with E-state index < -0.39 is 0 Å². The second-order valence-electron chi connectivity index (χ2n) is 8.45. The van der Waals surface area contributed by atoms with Crippen LogP contribution in [0.4, 0.5) is 0 Å². The minimum absolute atomic E-state index is 0.0927. The van der Waals surface area contributed by atoms with Gasteiger partial charge in [0.1, 0.15) is 0 Å². The fourth-order valence-corrected chi connectivity index (χ4v) is 4.40. The third kappa shape index (κ3) is 5.51. The Morgan fingerprint density at radius 1 is 0.818 bits per heavy atom. The molecule has 2 heterocycles. The molecule has 0 N–H and O–H groups in total. The van der Waals surface area contributed by atoms with E-state index >= 15 is 0 Å². The first-order chi connectivity index (χ1) is 16.0. The van der Waals surface area contributed by atoms with Crippen LogP contribution in [0.3, 0.4) is 0 Å². The molecule has 0 aliphatic carbocycles. The van der Waals surface area contributed by atoms with Gasteiger partial charge in [-0.05, 0) is 30.2 Å². The first-order valence-corrected chi connectivity index (χ1v) is 11.7. The summed E-state index contributed by atoms with van der Waals surface area (Å²) in [7, 11) is 0. The summed E-state index contributed by atoms with van der Waals surface area (Å²) >= 11 is 0. The van der Waals surface area contributed by atoms with E-state index in [1.54, 1.807) is 0 Å². The zero-order valence-corrected chi connectivity index (χ0v) is 20.1. The molecule has 2 amide bonds. The summed E-state index contributed by atoms with van der Waals surface area (Å²) in [6.07, 6.45) is 12.3. The monoisotopic (exact) mass is 442 g/mol. The van der Waals surface area contributed by atoms with Gasteiger partial charge in [0.2, 0.25) is 0 Å². The van der Waals surface area contributed by atoms with Crippen LogP contribution in [-0.2, 0) is 13.1 Å². The fraction of sp³-hybridized carbons (Fsp3) is 0.310. The molecule has 0 bridgehead atoms. The van der Waals surface area contributed by atoms with E-state index in [0.29, 0.717) is 26.2 Å². The minimum Gasteiger partial charge on any atom is -0.333 e. The van der Waals surface area contributed by atoms with Gasteiger partial charge in [0.15, 0.2) is 0 Å². The molecular formula is C29H34N2O2. The van der Waals surface area contributed by atoms with Gasteiger partial charge in [-0.3, -0.25) is 9.59 Å². The second-order valence-corrected chi connectivity index (χ2v) is 8.45. The fourth-order valence-electron chi connectivity index (χ4n) is 4.40. The molecular weight excluding hydrogens is 408 g/mol. The molecule has 2 aliphatic rings. The smallest absolute Gasteiger partial charge is 0.254 e. The Morgan fingerprint density at radius 3 is 1.94 bits per heavy atom. The van der Waals surface area contributed by atoms with Gasteiger partial charge in [0.05, 0.1) is 0 Å². The molecule has 0 saturated heterocycles. The maximum Gasteiger partial charge on any atom is 0.254 e. The molecule has 0 aromatic heterocycles. The normalized spacial score (nSPS) is 17.0. The summed E-state index contributed by atoms with van der Waals surface area (Å²) in [6.45, 7) is 10.7. The van der Waals surface area contributed by atoms with Crippen molar-refractivity contribution >= 4 is 11.8 Å². The molecule has 172 valence electrons. The number of allylic oxidation sites excluding steroid dienone is 3. The SMILES string of the molecule is C/C=C\C(C)(/C=C\C=C\CN1Cc2ccccc2C1=O)CN1Cc2ccccc2C1=O.CC. The third-order valence-corrected chi connectivity index (χ3v) is 5.92. The van der Waals surface area contributed by atoms with E-state index in [1.165, 1.54) is 0 Å². The molecule has 0 fully saturated rings. The molecule has 2 aromatic carbocycles. The van der Waals surface area contributed by atoms with Crippen molar-refractivity contribution < 1.29 is 9.59 Å². The Hall–Kier alpha value is -3.40. The largest absolute Gasteiger partial charge is 0.333 e. The van der Waals surface area contributed by atoms with Crippen molar-refractivity contribution in [3.05, 3.63) is 107 Å². The lowest BCUT2D eigenvalue weighted by molar-refractivity contribution is 0.0745. The molecule has 1 atom stereocenters. The van der Waals surface area contributed by atoms with E-state index in [1.807, 2.05) is 103 Å². The van der Waals surface area contributed by atoms with Crippen molar-refractivity contribution in [2.24, 2.45) is 5.41 Å². The summed E-state index contributed by atoms with van der Waals surface area (Å²) in [6, 6.07) is 15.6. The molecule has 0 spiro atoms. The predicted molar refractivity (Wildman–Crippen MR) is 135 cm³/mol. The van der Waals surface area contributed by atoms with E-state index in [9.17, 15) is 9.59 Å². The highest BCUT2D eigenvalue weighted by molar-refractivity contribution is 5.98. The van der Waals surface area contributed by atoms with Crippen LogP contribution in [0.15, 0.2) is 85.0 Å². The van der Waals surface area contributed by atoms with Crippen LogP contribution in [-0.4, -0.2) is 34.7 Å². The summed E-state index contributed by atoms with van der Waals surface area (Å²) in [5, 5.41) is 0. The standard InChI is InChI=1S/C27H28N2O2.C2H6/c1-3-15-27(2,20-29-19-22-12-6-8-14-24(22)26(29)31)16-9-4-10-17-28-18-21-11-5-7-13-23(21)25(28)30;1-2/h3-16H,17-20H2,1-2H3;1-2H3/b10-4+,15-3-,16-9-;. The van der Waals surface area contributed by atoms with Gasteiger partial charge in [0, 0.05) is 42.7 Å². The third-order valence-electron chi connectivity index (χ3n) is 5.92. The Labute approximate surface area is 197 Å². The number of benzene rings is 2. The zero-order chi connectivity index (χ0) is 23.8. The Bertz CT molecular complexity index is 1080. The molecule has 4 nitrogen and oxygen atoms in total. The minimum atomic E-state index is -0.267. The number of fused-ring (bicyclic) bond motifs is 2. The van der Waals surface area contributed by atoms with Crippen molar-refractivity contribution in [2.75, 3.05) is 13.1 Å². The molecule has 0 saturated carbocycles. The second kappa shape index (κ2) is 11.0.